The molecule has 1 aliphatic heterocycles. The van der Waals surface area contributed by atoms with Gasteiger partial charge in [0.25, 0.3) is 0 Å². The first-order valence-electron chi connectivity index (χ1n) is 7.71. The van der Waals surface area contributed by atoms with E-state index in [2.05, 4.69) is 18.7 Å². The Morgan fingerprint density at radius 1 is 1.23 bits per heavy atom. The molecular formula is C16H25FN2O2S. The van der Waals surface area contributed by atoms with Gasteiger partial charge in [-0.25, -0.2) is 17.1 Å². The molecule has 0 amide bonds. The lowest BCUT2D eigenvalue weighted by Crippen LogP contribution is -2.45. The highest BCUT2D eigenvalue weighted by Crippen LogP contribution is 2.21. The van der Waals surface area contributed by atoms with Gasteiger partial charge in [0.2, 0.25) is 10.0 Å². The number of nitrogens with zero attached hydrogens (tertiary/aromatic N) is 2. The van der Waals surface area contributed by atoms with Crippen molar-refractivity contribution in [3.05, 3.63) is 35.6 Å². The van der Waals surface area contributed by atoms with E-state index in [0.717, 1.165) is 25.1 Å². The van der Waals surface area contributed by atoms with Gasteiger partial charge >= 0.3 is 0 Å². The molecule has 1 aliphatic rings. The summed E-state index contributed by atoms with van der Waals surface area (Å²) in [5.74, 6) is 0.117. The van der Waals surface area contributed by atoms with E-state index in [4.69, 9.17) is 0 Å². The second kappa shape index (κ2) is 7.06. The Morgan fingerprint density at radius 3 is 2.41 bits per heavy atom. The van der Waals surface area contributed by atoms with Crippen LogP contribution >= 0.6 is 0 Å². The van der Waals surface area contributed by atoms with Gasteiger partial charge in [0.05, 0.1) is 6.26 Å². The van der Waals surface area contributed by atoms with Crippen LogP contribution in [0.2, 0.25) is 0 Å². The fourth-order valence-corrected chi connectivity index (χ4v) is 3.87. The van der Waals surface area contributed by atoms with Crippen molar-refractivity contribution in [2.45, 2.75) is 32.9 Å². The normalized spacial score (nSPS) is 22.0. The molecule has 0 aliphatic carbocycles. The van der Waals surface area contributed by atoms with E-state index >= 15 is 0 Å². The topological polar surface area (TPSA) is 40.6 Å². The molecule has 6 heteroatoms. The van der Waals surface area contributed by atoms with E-state index in [-0.39, 0.29) is 11.9 Å². The van der Waals surface area contributed by atoms with E-state index in [0.29, 0.717) is 19.0 Å². The average molecular weight is 328 g/mol. The van der Waals surface area contributed by atoms with Crippen molar-refractivity contribution >= 4 is 10.0 Å². The van der Waals surface area contributed by atoms with Crippen molar-refractivity contribution in [2.24, 2.45) is 5.92 Å². The first-order chi connectivity index (χ1) is 10.3. The maximum atomic E-state index is 13.0. The molecule has 2 rings (SSSR count). The van der Waals surface area contributed by atoms with Crippen molar-refractivity contribution in [1.82, 2.24) is 9.21 Å². The average Bonchev–Trinajstić information content (AvgIpc) is 2.63. The Morgan fingerprint density at radius 2 is 1.86 bits per heavy atom. The summed E-state index contributed by atoms with van der Waals surface area (Å²) in [6, 6.07) is 6.71. The highest BCUT2D eigenvalue weighted by Gasteiger charge is 2.30. The quantitative estimate of drug-likeness (QED) is 0.852. The van der Waals surface area contributed by atoms with Gasteiger partial charge in [-0.2, -0.15) is 0 Å². The Kier molecular flexibility index (Phi) is 5.58. The Labute approximate surface area is 133 Å². The monoisotopic (exact) mass is 328 g/mol. The van der Waals surface area contributed by atoms with Crippen LogP contribution < -0.4 is 0 Å². The highest BCUT2D eigenvalue weighted by atomic mass is 32.2. The molecule has 0 spiro atoms. The molecule has 0 saturated carbocycles. The molecule has 1 fully saturated rings. The third kappa shape index (κ3) is 4.51. The molecular weight excluding hydrogens is 303 g/mol. The van der Waals surface area contributed by atoms with Gasteiger partial charge in [-0.1, -0.05) is 26.0 Å². The van der Waals surface area contributed by atoms with Gasteiger partial charge in [-0.05, 0) is 30.0 Å². The van der Waals surface area contributed by atoms with Crippen molar-refractivity contribution in [3.63, 3.8) is 0 Å². The fourth-order valence-electron chi connectivity index (χ4n) is 2.99. The second-order valence-electron chi connectivity index (χ2n) is 6.38. The lowest BCUT2D eigenvalue weighted by molar-refractivity contribution is 0.149. The van der Waals surface area contributed by atoms with E-state index in [1.54, 1.807) is 16.4 Å². The predicted molar refractivity (Wildman–Crippen MR) is 86.5 cm³/mol. The van der Waals surface area contributed by atoms with Gasteiger partial charge in [0, 0.05) is 32.2 Å². The summed E-state index contributed by atoms with van der Waals surface area (Å²) in [7, 11) is -3.16. The summed E-state index contributed by atoms with van der Waals surface area (Å²) < 4.78 is 38.4. The molecule has 0 unspecified atom stereocenters. The zero-order valence-electron chi connectivity index (χ0n) is 13.5. The van der Waals surface area contributed by atoms with Crippen LogP contribution in [0.4, 0.5) is 4.39 Å². The van der Waals surface area contributed by atoms with E-state index in [1.807, 2.05) is 0 Å². The van der Waals surface area contributed by atoms with E-state index < -0.39 is 10.0 Å². The van der Waals surface area contributed by atoms with Gasteiger partial charge in [0.15, 0.2) is 0 Å². The first-order valence-corrected chi connectivity index (χ1v) is 9.56. The molecule has 0 N–H and O–H groups in total. The molecule has 1 aromatic rings. The van der Waals surface area contributed by atoms with Gasteiger partial charge in [-0.15, -0.1) is 0 Å². The zero-order valence-corrected chi connectivity index (χ0v) is 14.3. The summed E-state index contributed by atoms with van der Waals surface area (Å²) >= 11 is 0. The van der Waals surface area contributed by atoms with Crippen molar-refractivity contribution in [1.29, 1.82) is 0 Å². The van der Waals surface area contributed by atoms with Crippen LogP contribution in [0, 0.1) is 11.7 Å². The molecule has 0 radical (unpaired) electrons. The molecule has 1 aromatic carbocycles. The molecule has 1 heterocycles. The Balaban J connectivity index is 2.16. The molecule has 124 valence electrons. The first kappa shape index (κ1) is 17.4. The minimum Gasteiger partial charge on any atom is -0.295 e. The third-order valence-corrected chi connectivity index (χ3v) is 5.52. The van der Waals surface area contributed by atoms with Crippen molar-refractivity contribution in [2.75, 3.05) is 25.9 Å². The van der Waals surface area contributed by atoms with Crippen LogP contribution in [0.5, 0.6) is 0 Å². The van der Waals surface area contributed by atoms with Crippen LogP contribution in [0.3, 0.4) is 0 Å². The van der Waals surface area contributed by atoms with Crippen LogP contribution in [-0.4, -0.2) is 49.6 Å². The lowest BCUT2D eigenvalue weighted by Gasteiger charge is -2.34. The maximum absolute atomic E-state index is 13.0. The van der Waals surface area contributed by atoms with Crippen LogP contribution in [0.1, 0.15) is 25.8 Å². The summed E-state index contributed by atoms with van der Waals surface area (Å²) in [5, 5.41) is 0. The van der Waals surface area contributed by atoms with Gasteiger partial charge in [-0.3, -0.25) is 4.90 Å². The molecule has 4 nitrogen and oxygen atoms in total. The summed E-state index contributed by atoms with van der Waals surface area (Å²) in [5.41, 5.74) is 1.06. The maximum Gasteiger partial charge on any atom is 0.211 e. The van der Waals surface area contributed by atoms with Crippen LogP contribution in [0.15, 0.2) is 24.3 Å². The lowest BCUT2D eigenvalue weighted by atomic mass is 10.0. The number of sulfonamides is 1. The van der Waals surface area contributed by atoms with Crippen molar-refractivity contribution < 1.29 is 12.8 Å². The number of hydrogen-bond acceptors (Lipinski definition) is 3. The van der Waals surface area contributed by atoms with Gasteiger partial charge in [0.1, 0.15) is 5.82 Å². The number of benzene rings is 1. The Bertz CT molecular complexity index is 587. The molecule has 1 atom stereocenters. The largest absolute Gasteiger partial charge is 0.295 e. The van der Waals surface area contributed by atoms with Crippen LogP contribution in [-0.2, 0) is 16.6 Å². The molecule has 1 saturated heterocycles. The minimum absolute atomic E-state index is 0.169. The summed E-state index contributed by atoms with van der Waals surface area (Å²) in [6.07, 6.45) is 2.09. The number of rotatable bonds is 4. The van der Waals surface area contributed by atoms with E-state index in [9.17, 15) is 12.8 Å². The standard InChI is InChI=1S/C16H25FN2O2S/c1-13(2)16-12-19(22(3,20)21)10-4-9-18(16)11-14-5-7-15(17)8-6-14/h5-8,13,16H,4,9-12H2,1-3H3/t16-/m1/s1. The molecule has 22 heavy (non-hydrogen) atoms. The van der Waals surface area contributed by atoms with E-state index in [1.165, 1.54) is 18.4 Å². The number of halogens is 1. The molecule has 0 bridgehead atoms. The van der Waals surface area contributed by atoms with Gasteiger partial charge < -0.3 is 0 Å². The summed E-state index contributed by atoms with van der Waals surface area (Å²) in [6.45, 7) is 6.91. The SMILES string of the molecule is CC(C)[C@H]1CN(S(C)(=O)=O)CCCN1Cc1ccc(F)cc1. The third-order valence-electron chi connectivity index (χ3n) is 4.25. The number of hydrogen-bond donors (Lipinski definition) is 0. The fraction of sp³-hybridized carbons (Fsp3) is 0.625. The minimum atomic E-state index is -3.16. The molecule has 0 aromatic heterocycles. The Hall–Kier alpha value is -0.980. The predicted octanol–water partition coefficient (Wildman–Crippen LogP) is 2.32. The second-order valence-corrected chi connectivity index (χ2v) is 8.37. The summed E-state index contributed by atoms with van der Waals surface area (Å²) in [4.78, 5) is 2.32. The smallest absolute Gasteiger partial charge is 0.211 e. The van der Waals surface area contributed by atoms with Crippen molar-refractivity contribution in [3.8, 4) is 0 Å². The zero-order chi connectivity index (χ0) is 16.3. The highest BCUT2D eigenvalue weighted by molar-refractivity contribution is 7.88. The van der Waals surface area contributed by atoms with Crippen LogP contribution in [0.25, 0.3) is 0 Å².